The molecular formula is C15H30O6Si. The Morgan fingerprint density at radius 1 is 1.32 bits per heavy atom. The molecule has 130 valence electrons. The number of rotatable bonds is 5. The molecule has 1 saturated heterocycles. The normalized spacial score (nSPS) is 33.0. The van der Waals surface area contributed by atoms with E-state index in [1.807, 2.05) is 6.92 Å². The van der Waals surface area contributed by atoms with Crippen LogP contribution < -0.4 is 0 Å². The molecule has 0 spiro atoms. The van der Waals surface area contributed by atoms with Crippen LogP contribution in [0.25, 0.3) is 0 Å². The zero-order valence-electron chi connectivity index (χ0n) is 14.7. The Kier molecular flexibility index (Phi) is 5.84. The molecule has 1 aliphatic heterocycles. The number of methoxy groups -OCH3 is 1. The van der Waals surface area contributed by atoms with Crippen LogP contribution in [0, 0.1) is 5.92 Å². The molecule has 1 aliphatic rings. The first-order valence-electron chi connectivity index (χ1n) is 7.67. The molecule has 2 N–H and O–H groups in total. The molecule has 1 fully saturated rings. The Labute approximate surface area is 133 Å². The summed E-state index contributed by atoms with van der Waals surface area (Å²) in [4.78, 5) is 12.0. The predicted octanol–water partition coefficient (Wildman–Crippen LogP) is 1.66. The second-order valence-electron chi connectivity index (χ2n) is 7.47. The maximum Gasteiger partial charge on any atom is 0.314 e. The van der Waals surface area contributed by atoms with Crippen molar-refractivity contribution in [2.24, 2.45) is 5.92 Å². The lowest BCUT2D eigenvalue weighted by Crippen LogP contribution is -2.51. The van der Waals surface area contributed by atoms with Gasteiger partial charge in [0.15, 0.2) is 14.6 Å². The van der Waals surface area contributed by atoms with E-state index < -0.39 is 38.2 Å². The second kappa shape index (κ2) is 6.57. The van der Waals surface area contributed by atoms with Crippen LogP contribution in [0.15, 0.2) is 0 Å². The number of hydrogen-bond donors (Lipinski definition) is 2. The molecule has 0 aliphatic carbocycles. The molecule has 7 heteroatoms. The highest BCUT2D eigenvalue weighted by Crippen LogP contribution is 2.42. The standard InChI is InChI=1S/C15H30O6Si/c1-8-15(9-20-22(6,7)14(2,3)4)10(12(17)19-5)11(16)13(18)21-15/h10-11,13,16,18H,8-9H2,1-7H3/t10-,11+,13?,15-/m1/s1. The third-order valence-corrected chi connectivity index (χ3v) is 9.57. The van der Waals surface area contributed by atoms with Gasteiger partial charge in [0.2, 0.25) is 0 Å². The van der Waals surface area contributed by atoms with Gasteiger partial charge in [0.25, 0.3) is 0 Å². The molecule has 1 heterocycles. The zero-order valence-corrected chi connectivity index (χ0v) is 15.7. The number of aliphatic hydroxyl groups excluding tert-OH is 2. The van der Waals surface area contributed by atoms with E-state index in [1.165, 1.54) is 7.11 Å². The van der Waals surface area contributed by atoms with Crippen molar-refractivity contribution in [3.63, 3.8) is 0 Å². The third kappa shape index (κ3) is 3.54. The van der Waals surface area contributed by atoms with Gasteiger partial charge >= 0.3 is 5.97 Å². The van der Waals surface area contributed by atoms with Crippen LogP contribution in [0.3, 0.4) is 0 Å². The van der Waals surface area contributed by atoms with Crippen molar-refractivity contribution in [2.45, 2.75) is 70.2 Å². The van der Waals surface area contributed by atoms with Gasteiger partial charge in [0.05, 0.1) is 13.7 Å². The molecule has 0 aromatic rings. The summed E-state index contributed by atoms with van der Waals surface area (Å²) in [6.07, 6.45) is -2.29. The van der Waals surface area contributed by atoms with Crippen molar-refractivity contribution >= 4 is 14.3 Å². The lowest BCUT2D eigenvalue weighted by atomic mass is 9.84. The molecule has 0 aromatic carbocycles. The fraction of sp³-hybridized carbons (Fsp3) is 0.933. The number of aliphatic hydroxyl groups is 2. The van der Waals surface area contributed by atoms with Crippen molar-refractivity contribution in [1.29, 1.82) is 0 Å². The maximum atomic E-state index is 12.0. The first-order chi connectivity index (χ1) is 9.92. The molecule has 0 aromatic heterocycles. The highest BCUT2D eigenvalue weighted by atomic mass is 28.4. The van der Waals surface area contributed by atoms with Crippen LogP contribution in [0.5, 0.6) is 0 Å². The molecule has 0 amide bonds. The minimum Gasteiger partial charge on any atom is -0.469 e. The number of carbonyl (C=O) groups excluding carboxylic acids is 1. The van der Waals surface area contributed by atoms with Crippen LogP contribution in [-0.2, 0) is 18.7 Å². The highest BCUT2D eigenvalue weighted by Gasteiger charge is 2.58. The Morgan fingerprint density at radius 2 is 1.86 bits per heavy atom. The van der Waals surface area contributed by atoms with E-state index in [-0.39, 0.29) is 11.6 Å². The molecule has 0 saturated carbocycles. The first-order valence-corrected chi connectivity index (χ1v) is 10.6. The summed E-state index contributed by atoms with van der Waals surface area (Å²) in [5.41, 5.74) is -1.07. The van der Waals surface area contributed by atoms with Gasteiger partial charge in [-0.25, -0.2) is 0 Å². The van der Waals surface area contributed by atoms with Gasteiger partial charge in [0, 0.05) is 0 Å². The predicted molar refractivity (Wildman–Crippen MR) is 84.8 cm³/mol. The topological polar surface area (TPSA) is 85.2 Å². The van der Waals surface area contributed by atoms with Crippen molar-refractivity contribution in [3.05, 3.63) is 0 Å². The smallest absolute Gasteiger partial charge is 0.314 e. The molecule has 6 nitrogen and oxygen atoms in total. The van der Waals surface area contributed by atoms with Gasteiger partial charge in [-0.15, -0.1) is 0 Å². The molecule has 1 unspecified atom stereocenters. The fourth-order valence-corrected chi connectivity index (χ4v) is 3.43. The van der Waals surface area contributed by atoms with Gasteiger partial charge in [-0.3, -0.25) is 4.79 Å². The van der Waals surface area contributed by atoms with E-state index in [0.717, 1.165) is 0 Å². The largest absolute Gasteiger partial charge is 0.469 e. The number of ether oxygens (including phenoxy) is 2. The average Bonchev–Trinajstić information content (AvgIpc) is 2.67. The number of hydrogen-bond acceptors (Lipinski definition) is 6. The minimum absolute atomic E-state index is 0.0124. The van der Waals surface area contributed by atoms with Gasteiger partial charge in [-0.1, -0.05) is 27.7 Å². The first kappa shape index (κ1) is 19.6. The summed E-state index contributed by atoms with van der Waals surface area (Å²) in [7, 11) is -0.791. The molecule has 1 rings (SSSR count). The van der Waals surface area contributed by atoms with Crippen molar-refractivity contribution < 1.29 is 28.9 Å². The molecule has 0 bridgehead atoms. The van der Waals surface area contributed by atoms with E-state index in [4.69, 9.17) is 13.9 Å². The summed E-state index contributed by atoms with van der Waals surface area (Å²) >= 11 is 0. The summed E-state index contributed by atoms with van der Waals surface area (Å²) in [6.45, 7) is 12.6. The van der Waals surface area contributed by atoms with Crippen LogP contribution in [0.4, 0.5) is 0 Å². The lowest BCUT2D eigenvalue weighted by Gasteiger charge is -2.40. The Morgan fingerprint density at radius 3 is 2.27 bits per heavy atom. The van der Waals surface area contributed by atoms with Gasteiger partial charge < -0.3 is 24.1 Å². The fourth-order valence-electron chi connectivity index (χ4n) is 2.39. The van der Waals surface area contributed by atoms with E-state index >= 15 is 0 Å². The average molecular weight is 334 g/mol. The summed E-state index contributed by atoms with van der Waals surface area (Å²) in [6, 6.07) is 0. The minimum atomic E-state index is -2.05. The highest BCUT2D eigenvalue weighted by molar-refractivity contribution is 6.74. The molecular weight excluding hydrogens is 304 g/mol. The molecule has 4 atom stereocenters. The van der Waals surface area contributed by atoms with Gasteiger partial charge in [0.1, 0.15) is 17.6 Å². The van der Waals surface area contributed by atoms with Crippen molar-refractivity contribution in [1.82, 2.24) is 0 Å². The Hall–Kier alpha value is -0.473. The quantitative estimate of drug-likeness (QED) is 0.587. The summed E-state index contributed by atoms with van der Waals surface area (Å²) in [5, 5.41) is 20.0. The van der Waals surface area contributed by atoms with E-state index in [1.54, 1.807) is 0 Å². The number of carbonyl (C=O) groups is 1. The Balaban J connectivity index is 3.02. The SMILES string of the molecule is CC[C@]1(CO[Si](C)(C)C(C)(C)C)OC(O)[C@@H](O)[C@@H]1C(=O)OC. The van der Waals surface area contributed by atoms with Crippen LogP contribution in [0.2, 0.25) is 18.1 Å². The van der Waals surface area contributed by atoms with Gasteiger partial charge in [-0.05, 0) is 24.6 Å². The monoisotopic (exact) mass is 334 g/mol. The van der Waals surface area contributed by atoms with Crippen molar-refractivity contribution in [3.8, 4) is 0 Å². The lowest BCUT2D eigenvalue weighted by molar-refractivity contribution is -0.175. The van der Waals surface area contributed by atoms with Crippen LogP contribution in [0.1, 0.15) is 34.1 Å². The van der Waals surface area contributed by atoms with E-state index in [0.29, 0.717) is 6.42 Å². The molecule has 22 heavy (non-hydrogen) atoms. The third-order valence-electron chi connectivity index (χ3n) is 5.09. The van der Waals surface area contributed by atoms with Crippen molar-refractivity contribution in [2.75, 3.05) is 13.7 Å². The second-order valence-corrected chi connectivity index (χ2v) is 12.3. The van der Waals surface area contributed by atoms with E-state index in [9.17, 15) is 15.0 Å². The number of esters is 1. The zero-order chi connectivity index (χ0) is 17.3. The van der Waals surface area contributed by atoms with Crippen LogP contribution >= 0.6 is 0 Å². The van der Waals surface area contributed by atoms with E-state index in [2.05, 4.69) is 33.9 Å². The maximum absolute atomic E-state index is 12.0. The van der Waals surface area contributed by atoms with Crippen LogP contribution in [-0.4, -0.2) is 56.2 Å². The summed E-state index contributed by atoms with van der Waals surface area (Å²) < 4.78 is 16.5. The summed E-state index contributed by atoms with van der Waals surface area (Å²) in [5.74, 6) is -1.55. The Bertz CT molecular complexity index is 405. The van der Waals surface area contributed by atoms with Gasteiger partial charge in [-0.2, -0.15) is 0 Å². The molecule has 0 radical (unpaired) electrons.